The Kier molecular flexibility index (Phi) is 8.67. The number of hydrogen-bond donors (Lipinski definition) is 4. The van der Waals surface area contributed by atoms with E-state index in [0.717, 1.165) is 33.5 Å². The van der Waals surface area contributed by atoms with Crippen LogP contribution in [-0.2, 0) is 23.9 Å². The molecule has 4 nitrogen and oxygen atoms in total. The maximum absolute atomic E-state index is 11.3. The van der Waals surface area contributed by atoms with E-state index in [0.29, 0.717) is 24.6 Å². The number of rotatable bonds is 7. The van der Waals surface area contributed by atoms with Gasteiger partial charge in [-0.1, -0.05) is 146 Å². The molecular weight excluding hydrogens is 576 g/mol. The molecule has 0 aliphatic heterocycles. The second-order valence-electron chi connectivity index (χ2n) is 15.1. The van der Waals surface area contributed by atoms with E-state index in [2.05, 4.69) is 126 Å². The van der Waals surface area contributed by atoms with Gasteiger partial charge in [0.05, 0.1) is 0 Å². The van der Waals surface area contributed by atoms with Gasteiger partial charge in [-0.05, 0) is 60.7 Å². The van der Waals surface area contributed by atoms with E-state index >= 15 is 0 Å². The van der Waals surface area contributed by atoms with Gasteiger partial charge in [-0.15, -0.1) is 0 Å². The average molecular weight is 625 g/mol. The molecule has 0 spiro atoms. The van der Waals surface area contributed by atoms with Crippen LogP contribution in [0, 0.1) is 5.92 Å². The van der Waals surface area contributed by atoms with Gasteiger partial charge in [-0.3, -0.25) is 0 Å². The standard InChI is InChI=1S/C43H48N2O2/c1-27-24-29-15-9-11-19-33(29)38(39(27)45-26-31-17-13-21-35(41(31)47)43(5,6)7)37-32-18-10-8-14-28(32)22-23-36(37)44-25-30-16-12-20-34(40(30)46)42(2,3)4/h8-24,27,39,44-47H,25-26H2,1-7H3. The lowest BCUT2D eigenvalue weighted by Gasteiger charge is -2.32. The van der Waals surface area contributed by atoms with E-state index in [4.69, 9.17) is 0 Å². The highest BCUT2D eigenvalue weighted by molar-refractivity contribution is 6.00. The summed E-state index contributed by atoms with van der Waals surface area (Å²) in [6, 6.07) is 33.7. The normalized spacial score (nSPS) is 16.5. The largest absolute Gasteiger partial charge is 0.507 e. The predicted molar refractivity (Wildman–Crippen MR) is 197 cm³/mol. The molecule has 0 aromatic heterocycles. The third-order valence-corrected chi connectivity index (χ3v) is 9.57. The van der Waals surface area contributed by atoms with Crippen molar-refractivity contribution in [2.45, 2.75) is 78.4 Å². The molecule has 4 N–H and O–H groups in total. The molecule has 1 aliphatic rings. The van der Waals surface area contributed by atoms with E-state index < -0.39 is 0 Å². The molecule has 2 unspecified atom stereocenters. The van der Waals surface area contributed by atoms with Crippen LogP contribution < -0.4 is 21.1 Å². The Balaban J connectivity index is 1.48. The van der Waals surface area contributed by atoms with Gasteiger partial charge in [0.1, 0.15) is 11.5 Å². The van der Waals surface area contributed by atoms with Gasteiger partial charge in [-0.2, -0.15) is 0 Å². The topological polar surface area (TPSA) is 64.5 Å². The molecule has 1 aliphatic carbocycles. The molecule has 5 aromatic carbocycles. The minimum atomic E-state index is -0.164. The maximum Gasteiger partial charge on any atom is 0.124 e. The summed E-state index contributed by atoms with van der Waals surface area (Å²) in [5.41, 5.74) is 6.75. The van der Waals surface area contributed by atoms with E-state index in [1.807, 2.05) is 36.4 Å². The van der Waals surface area contributed by atoms with E-state index in [1.54, 1.807) is 0 Å². The first-order valence-electron chi connectivity index (χ1n) is 16.8. The summed E-state index contributed by atoms with van der Waals surface area (Å²) < 4.78 is 0. The number of benzene rings is 5. The highest BCUT2D eigenvalue weighted by atomic mass is 16.3. The molecule has 2 atom stereocenters. The van der Waals surface area contributed by atoms with Crippen molar-refractivity contribution in [2.75, 3.05) is 5.32 Å². The molecule has 0 saturated heterocycles. The number of phenols is 2. The fraction of sp³-hybridized carbons (Fsp3) is 0.302. The van der Waals surface area contributed by atoms with Crippen LogP contribution in [-0.4, -0.2) is 16.3 Å². The van der Waals surface area contributed by atoms with Gasteiger partial charge < -0.3 is 20.8 Å². The van der Waals surface area contributed by atoms with Gasteiger partial charge in [0, 0.05) is 41.5 Å². The fourth-order valence-electron chi connectivity index (χ4n) is 7.07. The zero-order valence-corrected chi connectivity index (χ0v) is 28.8. The fourth-order valence-corrected chi connectivity index (χ4v) is 7.07. The minimum absolute atomic E-state index is 0.0217. The quantitative estimate of drug-likeness (QED) is 0.147. The molecule has 6 rings (SSSR count). The lowest BCUT2D eigenvalue weighted by molar-refractivity contribution is 0.433. The Morgan fingerprint density at radius 3 is 1.89 bits per heavy atom. The van der Waals surface area contributed by atoms with Crippen molar-refractivity contribution in [3.63, 3.8) is 0 Å². The van der Waals surface area contributed by atoms with Crippen molar-refractivity contribution in [1.29, 1.82) is 0 Å². The van der Waals surface area contributed by atoms with Gasteiger partial charge in [0.2, 0.25) is 0 Å². The number of hydrogen-bond acceptors (Lipinski definition) is 4. The lowest BCUT2D eigenvalue weighted by atomic mass is 9.81. The first-order valence-corrected chi connectivity index (χ1v) is 16.8. The number of para-hydroxylation sites is 2. The summed E-state index contributed by atoms with van der Waals surface area (Å²) in [7, 11) is 0. The molecule has 242 valence electrons. The average Bonchev–Trinajstić information content (AvgIpc) is 3.02. The molecule has 0 radical (unpaired) electrons. The Hall–Kier alpha value is -4.54. The summed E-state index contributed by atoms with van der Waals surface area (Å²) in [6.07, 6.45) is 2.36. The Labute approximate surface area is 279 Å². The minimum Gasteiger partial charge on any atom is -0.507 e. The summed E-state index contributed by atoms with van der Waals surface area (Å²) in [5.74, 6) is 0.907. The van der Waals surface area contributed by atoms with Crippen molar-refractivity contribution >= 4 is 28.1 Å². The zero-order valence-electron chi connectivity index (χ0n) is 28.8. The van der Waals surface area contributed by atoms with Crippen LogP contribution in [0.4, 0.5) is 5.69 Å². The zero-order chi connectivity index (χ0) is 33.5. The van der Waals surface area contributed by atoms with Crippen molar-refractivity contribution < 1.29 is 10.2 Å². The van der Waals surface area contributed by atoms with Crippen LogP contribution in [0.2, 0.25) is 0 Å². The van der Waals surface area contributed by atoms with Crippen LogP contribution in [0.3, 0.4) is 0 Å². The van der Waals surface area contributed by atoms with Crippen molar-refractivity contribution in [1.82, 2.24) is 5.32 Å². The highest BCUT2D eigenvalue weighted by Crippen LogP contribution is 2.38. The van der Waals surface area contributed by atoms with E-state index in [1.165, 1.54) is 26.8 Å². The molecule has 0 bridgehead atoms. The SMILES string of the molecule is CC1C=c2ccccc2=C(c2c(NCc3cccc(C(C)(C)C)c3O)ccc3ccccc23)C1NCc1cccc(C(C)(C)C)c1O. The number of anilines is 1. The number of fused-ring (bicyclic) bond motifs is 2. The van der Waals surface area contributed by atoms with Crippen molar-refractivity contribution in [2.24, 2.45) is 5.92 Å². The second kappa shape index (κ2) is 12.6. The Morgan fingerprint density at radius 2 is 1.23 bits per heavy atom. The summed E-state index contributed by atoms with van der Waals surface area (Å²) in [5, 5.41) is 35.0. The molecule has 5 aromatic rings. The van der Waals surface area contributed by atoms with Gasteiger partial charge in [0.25, 0.3) is 0 Å². The van der Waals surface area contributed by atoms with Crippen molar-refractivity contribution in [3.05, 3.63) is 135 Å². The highest BCUT2D eigenvalue weighted by Gasteiger charge is 2.29. The van der Waals surface area contributed by atoms with Gasteiger partial charge >= 0.3 is 0 Å². The molecule has 0 amide bonds. The molecule has 0 heterocycles. The van der Waals surface area contributed by atoms with Crippen LogP contribution in [0.15, 0.2) is 97.1 Å². The van der Waals surface area contributed by atoms with Crippen LogP contribution >= 0.6 is 0 Å². The first kappa shape index (κ1) is 32.4. The molecular formula is C43H48N2O2. The molecule has 47 heavy (non-hydrogen) atoms. The van der Waals surface area contributed by atoms with Gasteiger partial charge in [-0.25, -0.2) is 0 Å². The number of aromatic hydroxyl groups is 2. The predicted octanol–water partition coefficient (Wildman–Crippen LogP) is 8.25. The molecule has 0 saturated carbocycles. The molecule has 0 fully saturated rings. The van der Waals surface area contributed by atoms with E-state index in [-0.39, 0.29) is 22.8 Å². The van der Waals surface area contributed by atoms with Gasteiger partial charge in [0.15, 0.2) is 0 Å². The first-order chi connectivity index (χ1) is 22.3. The molecule has 4 heteroatoms. The summed E-state index contributed by atoms with van der Waals surface area (Å²) >= 11 is 0. The van der Waals surface area contributed by atoms with Crippen LogP contribution in [0.25, 0.3) is 22.4 Å². The second-order valence-corrected chi connectivity index (χ2v) is 15.1. The smallest absolute Gasteiger partial charge is 0.124 e. The third-order valence-electron chi connectivity index (χ3n) is 9.57. The Bertz CT molecular complexity index is 2060. The van der Waals surface area contributed by atoms with Crippen LogP contribution in [0.1, 0.15) is 76.3 Å². The maximum atomic E-state index is 11.3. The Morgan fingerprint density at radius 1 is 0.638 bits per heavy atom. The number of phenolic OH excluding ortho intramolecular Hbond substituents is 2. The third kappa shape index (κ3) is 6.40. The van der Waals surface area contributed by atoms with Crippen LogP contribution in [0.5, 0.6) is 11.5 Å². The monoisotopic (exact) mass is 624 g/mol. The van der Waals surface area contributed by atoms with E-state index in [9.17, 15) is 10.2 Å². The lowest BCUT2D eigenvalue weighted by Crippen LogP contribution is -2.45. The summed E-state index contributed by atoms with van der Waals surface area (Å²) in [6.45, 7) is 16.1. The van der Waals surface area contributed by atoms with Crippen molar-refractivity contribution in [3.8, 4) is 11.5 Å². The summed E-state index contributed by atoms with van der Waals surface area (Å²) in [4.78, 5) is 0. The number of nitrogens with one attached hydrogen (secondary N) is 2.